The summed E-state index contributed by atoms with van der Waals surface area (Å²) in [6.45, 7) is 5.19. The van der Waals surface area contributed by atoms with Crippen molar-refractivity contribution in [1.29, 1.82) is 0 Å². The van der Waals surface area contributed by atoms with Gasteiger partial charge in [0.1, 0.15) is 0 Å². The third kappa shape index (κ3) is 2.76. The monoisotopic (exact) mass is 290 g/mol. The molecule has 2 aliphatic rings. The quantitative estimate of drug-likeness (QED) is 0.880. The lowest BCUT2D eigenvalue weighted by atomic mass is 10.1. The third-order valence-corrected chi connectivity index (χ3v) is 4.35. The Morgan fingerprint density at radius 3 is 2.57 bits per heavy atom. The molecule has 1 unspecified atom stereocenters. The molecule has 0 aromatic heterocycles. The number of nitrogens with one attached hydrogen (secondary N) is 2. The zero-order valence-corrected chi connectivity index (χ0v) is 12.6. The first-order chi connectivity index (χ1) is 10.1. The molecule has 5 nitrogen and oxygen atoms in total. The fourth-order valence-electron chi connectivity index (χ4n) is 3.26. The fourth-order valence-corrected chi connectivity index (χ4v) is 3.26. The molecule has 1 saturated carbocycles. The summed E-state index contributed by atoms with van der Waals surface area (Å²) in [7, 11) is 0. The number of urea groups is 1. The van der Waals surface area contributed by atoms with E-state index in [2.05, 4.69) is 10.6 Å². The Bertz CT molecular complexity index is 513. The van der Waals surface area contributed by atoms with Gasteiger partial charge in [-0.2, -0.15) is 0 Å². The van der Waals surface area contributed by atoms with Crippen molar-refractivity contribution >= 4 is 11.7 Å². The number of hydrogen-bond donors (Lipinski definition) is 2. The smallest absolute Gasteiger partial charge is 0.319 e. The van der Waals surface area contributed by atoms with Crippen LogP contribution in [0.25, 0.3) is 0 Å². The minimum absolute atomic E-state index is 0.0793. The molecule has 1 aliphatic heterocycles. The summed E-state index contributed by atoms with van der Waals surface area (Å²) >= 11 is 0. The molecule has 2 fully saturated rings. The second-order valence-corrected chi connectivity index (χ2v) is 5.82. The number of rotatable bonds is 2. The van der Waals surface area contributed by atoms with Crippen LogP contribution >= 0.6 is 0 Å². The van der Waals surface area contributed by atoms with E-state index in [1.54, 1.807) is 0 Å². The van der Waals surface area contributed by atoms with E-state index >= 15 is 0 Å². The van der Waals surface area contributed by atoms with E-state index < -0.39 is 5.79 Å². The Labute approximate surface area is 125 Å². The number of hydrogen-bond acceptors (Lipinski definition) is 3. The predicted molar refractivity (Wildman–Crippen MR) is 80.3 cm³/mol. The van der Waals surface area contributed by atoms with E-state index in [9.17, 15) is 4.79 Å². The van der Waals surface area contributed by atoms with Gasteiger partial charge in [0.15, 0.2) is 5.79 Å². The molecule has 0 radical (unpaired) electrons. The lowest BCUT2D eigenvalue weighted by Gasteiger charge is -2.30. The Morgan fingerprint density at radius 2 is 1.90 bits per heavy atom. The summed E-state index contributed by atoms with van der Waals surface area (Å²) in [5.41, 5.74) is 2.98. The average molecular weight is 290 g/mol. The van der Waals surface area contributed by atoms with E-state index in [0.717, 1.165) is 36.1 Å². The summed E-state index contributed by atoms with van der Waals surface area (Å²) in [6, 6.07) is 5.69. The molecular weight excluding hydrogens is 268 g/mol. The molecule has 1 atom stereocenters. The van der Waals surface area contributed by atoms with Crippen LogP contribution in [0.1, 0.15) is 30.4 Å². The Kier molecular flexibility index (Phi) is 3.87. The molecule has 2 N–H and O–H groups in total. The number of carbonyl (C=O) groups excluding carboxylic acids is 1. The number of ether oxygens (including phenoxy) is 2. The number of anilines is 1. The zero-order chi connectivity index (χ0) is 14.9. The first-order valence-electron chi connectivity index (χ1n) is 7.52. The van der Waals surface area contributed by atoms with Crippen molar-refractivity contribution < 1.29 is 14.3 Å². The molecule has 1 aromatic rings. The highest BCUT2D eigenvalue weighted by Crippen LogP contribution is 2.37. The van der Waals surface area contributed by atoms with Gasteiger partial charge in [-0.05, 0) is 37.8 Å². The van der Waals surface area contributed by atoms with E-state index in [-0.39, 0.29) is 12.1 Å². The second kappa shape index (κ2) is 5.66. The Hall–Kier alpha value is -1.59. The third-order valence-electron chi connectivity index (χ3n) is 4.35. The zero-order valence-electron chi connectivity index (χ0n) is 12.6. The van der Waals surface area contributed by atoms with E-state index in [0.29, 0.717) is 13.2 Å². The highest BCUT2D eigenvalue weighted by Gasteiger charge is 2.48. The van der Waals surface area contributed by atoms with Crippen molar-refractivity contribution in [3.8, 4) is 0 Å². The molecule has 1 saturated heterocycles. The molecule has 1 heterocycles. The first-order valence-corrected chi connectivity index (χ1v) is 7.52. The fraction of sp³-hybridized carbons (Fsp3) is 0.562. The predicted octanol–water partition coefficient (Wildman–Crippen LogP) is 2.72. The highest BCUT2D eigenvalue weighted by molar-refractivity contribution is 5.91. The number of carbonyl (C=O) groups is 1. The van der Waals surface area contributed by atoms with Gasteiger partial charge in [-0.15, -0.1) is 0 Å². The molecule has 3 rings (SSSR count). The Morgan fingerprint density at radius 1 is 1.24 bits per heavy atom. The van der Waals surface area contributed by atoms with E-state index in [1.807, 2.05) is 32.0 Å². The average Bonchev–Trinajstić information content (AvgIpc) is 3.06. The highest BCUT2D eigenvalue weighted by atomic mass is 16.7. The van der Waals surface area contributed by atoms with Crippen molar-refractivity contribution in [2.45, 2.75) is 44.9 Å². The summed E-state index contributed by atoms with van der Waals surface area (Å²) in [5.74, 6) is -0.599. The molecule has 114 valence electrons. The molecule has 2 amide bonds. The van der Waals surface area contributed by atoms with Crippen molar-refractivity contribution in [2.24, 2.45) is 0 Å². The van der Waals surface area contributed by atoms with Gasteiger partial charge < -0.3 is 20.1 Å². The van der Waals surface area contributed by atoms with Crippen LogP contribution < -0.4 is 10.6 Å². The number of benzene rings is 1. The van der Waals surface area contributed by atoms with Gasteiger partial charge in [-0.25, -0.2) is 4.79 Å². The van der Waals surface area contributed by atoms with Crippen molar-refractivity contribution in [3.05, 3.63) is 29.3 Å². The normalized spacial score (nSPS) is 23.4. The summed E-state index contributed by atoms with van der Waals surface area (Å²) < 4.78 is 11.5. The molecule has 5 heteroatoms. The van der Waals surface area contributed by atoms with Crippen molar-refractivity contribution in [2.75, 3.05) is 18.5 Å². The van der Waals surface area contributed by atoms with E-state index in [1.165, 1.54) is 0 Å². The summed E-state index contributed by atoms with van der Waals surface area (Å²) in [6.07, 6.45) is 2.75. The standard InChI is InChI=1S/C16H22N2O3/c1-11-5-3-6-12(2)14(11)18-15(19)17-13-7-4-8-16(13)20-9-10-21-16/h3,5-6,13H,4,7-10H2,1-2H3,(H2,17,18,19). The van der Waals surface area contributed by atoms with E-state index in [4.69, 9.17) is 9.47 Å². The molecule has 21 heavy (non-hydrogen) atoms. The SMILES string of the molecule is Cc1cccc(C)c1NC(=O)NC1CCCC12OCCO2. The minimum atomic E-state index is -0.599. The van der Waals surface area contributed by atoms with Gasteiger partial charge in [0.25, 0.3) is 0 Å². The molecule has 0 bridgehead atoms. The maximum Gasteiger partial charge on any atom is 0.319 e. The van der Waals surface area contributed by atoms with Crippen LogP contribution in [0.4, 0.5) is 10.5 Å². The van der Waals surface area contributed by atoms with Gasteiger partial charge in [-0.1, -0.05) is 18.2 Å². The van der Waals surface area contributed by atoms with Gasteiger partial charge in [0, 0.05) is 12.1 Å². The van der Waals surface area contributed by atoms with Gasteiger partial charge in [0.05, 0.1) is 19.3 Å². The van der Waals surface area contributed by atoms with Crippen molar-refractivity contribution in [1.82, 2.24) is 5.32 Å². The largest absolute Gasteiger partial charge is 0.346 e. The van der Waals surface area contributed by atoms with Gasteiger partial charge in [-0.3, -0.25) is 0 Å². The van der Waals surface area contributed by atoms with Crippen LogP contribution in [0.15, 0.2) is 18.2 Å². The number of amides is 2. The lowest BCUT2D eigenvalue weighted by molar-refractivity contribution is -0.164. The maximum atomic E-state index is 12.3. The van der Waals surface area contributed by atoms with Crippen LogP contribution in [-0.4, -0.2) is 31.1 Å². The van der Waals surface area contributed by atoms with Crippen molar-refractivity contribution in [3.63, 3.8) is 0 Å². The van der Waals surface area contributed by atoms with Gasteiger partial charge >= 0.3 is 6.03 Å². The first kappa shape index (κ1) is 14.4. The number of para-hydroxylation sites is 1. The maximum absolute atomic E-state index is 12.3. The summed E-state index contributed by atoms with van der Waals surface area (Å²) in [5, 5.41) is 5.97. The Balaban J connectivity index is 1.67. The molecular formula is C16H22N2O3. The minimum Gasteiger partial charge on any atom is -0.346 e. The van der Waals surface area contributed by atoms with Crippen LogP contribution in [0, 0.1) is 13.8 Å². The second-order valence-electron chi connectivity index (χ2n) is 5.82. The van der Waals surface area contributed by atoms with Crippen LogP contribution in [0.3, 0.4) is 0 Å². The summed E-state index contributed by atoms with van der Waals surface area (Å²) in [4.78, 5) is 12.3. The molecule has 1 spiro atoms. The lowest BCUT2D eigenvalue weighted by Crippen LogP contribution is -2.51. The van der Waals surface area contributed by atoms with Crippen LogP contribution in [0.5, 0.6) is 0 Å². The molecule has 1 aliphatic carbocycles. The van der Waals surface area contributed by atoms with Gasteiger partial charge in [0.2, 0.25) is 0 Å². The van der Waals surface area contributed by atoms with Crippen LogP contribution in [-0.2, 0) is 9.47 Å². The van der Waals surface area contributed by atoms with Crippen LogP contribution in [0.2, 0.25) is 0 Å². The topological polar surface area (TPSA) is 59.6 Å². The molecule has 1 aromatic carbocycles. The number of aryl methyl sites for hydroxylation is 2.